The minimum atomic E-state index is -1.06. The maximum absolute atomic E-state index is 12.8. The maximum atomic E-state index is 12.8. The molecule has 3 aromatic rings. The lowest BCUT2D eigenvalue weighted by Crippen LogP contribution is -2.49. The van der Waals surface area contributed by atoms with Crippen molar-refractivity contribution in [2.24, 2.45) is 0 Å². The van der Waals surface area contributed by atoms with Crippen molar-refractivity contribution in [2.75, 3.05) is 6.54 Å². The van der Waals surface area contributed by atoms with E-state index in [2.05, 4.69) is 10.6 Å². The number of carboxylic acid groups (broad SMARTS) is 1. The average molecular weight is 487 g/mol. The Kier molecular flexibility index (Phi) is 7.91. The van der Waals surface area contributed by atoms with Crippen molar-refractivity contribution in [2.45, 2.75) is 32.2 Å². The first-order valence-electron chi connectivity index (χ1n) is 10.4. The summed E-state index contributed by atoms with van der Waals surface area (Å²) in [4.78, 5) is 48.7. The third-order valence-electron chi connectivity index (χ3n) is 5.25. The molecule has 4 N–H and O–H groups in total. The van der Waals surface area contributed by atoms with Crippen molar-refractivity contribution in [1.29, 1.82) is 0 Å². The Morgan fingerprint density at radius 1 is 1.12 bits per heavy atom. The highest BCUT2D eigenvalue weighted by Gasteiger charge is 2.23. The predicted octanol–water partition coefficient (Wildman–Crippen LogP) is 2.32. The molecule has 0 aliphatic rings. The molecule has 9 nitrogen and oxygen atoms in total. The molecule has 1 atom stereocenters. The zero-order valence-electron chi connectivity index (χ0n) is 18.3. The van der Waals surface area contributed by atoms with Crippen molar-refractivity contribution in [1.82, 2.24) is 10.6 Å². The predicted molar refractivity (Wildman–Crippen MR) is 125 cm³/mol. The maximum Gasteiger partial charge on any atom is 0.340 e. The van der Waals surface area contributed by atoms with E-state index in [1.54, 1.807) is 37.3 Å². The second-order valence-corrected chi connectivity index (χ2v) is 8.17. The van der Waals surface area contributed by atoms with Gasteiger partial charge in [-0.15, -0.1) is 0 Å². The average Bonchev–Trinajstić information content (AvgIpc) is 2.77. The lowest BCUT2D eigenvalue weighted by molar-refractivity contribution is -0.137. The van der Waals surface area contributed by atoms with E-state index in [1.165, 1.54) is 12.1 Å². The van der Waals surface area contributed by atoms with Crippen LogP contribution in [0.4, 0.5) is 0 Å². The monoisotopic (exact) mass is 486 g/mol. The molecule has 1 heterocycles. The van der Waals surface area contributed by atoms with E-state index in [1.807, 2.05) is 0 Å². The molecule has 178 valence electrons. The molecule has 0 radical (unpaired) electrons. The minimum absolute atomic E-state index is 0.0560. The van der Waals surface area contributed by atoms with Crippen molar-refractivity contribution < 1.29 is 29.0 Å². The topological polar surface area (TPSA) is 146 Å². The van der Waals surface area contributed by atoms with Gasteiger partial charge in [0.25, 0.3) is 0 Å². The van der Waals surface area contributed by atoms with Gasteiger partial charge in [0.05, 0.1) is 18.4 Å². The fourth-order valence-corrected chi connectivity index (χ4v) is 3.60. The number of hydrogen-bond acceptors (Lipinski definition) is 6. The van der Waals surface area contributed by atoms with Gasteiger partial charge in [-0.25, -0.2) is 4.79 Å². The molecular weight excluding hydrogens is 464 g/mol. The first-order chi connectivity index (χ1) is 16.1. The number of hydrogen-bond donors (Lipinski definition) is 4. The number of phenolic OH excluding ortho intramolecular Hbond substituents is 1. The number of aryl methyl sites for hydroxylation is 1. The number of nitrogens with one attached hydrogen (secondary N) is 2. The number of carbonyl (C=O) groups is 3. The summed E-state index contributed by atoms with van der Waals surface area (Å²) in [5, 5.41) is 24.6. The highest BCUT2D eigenvalue weighted by molar-refractivity contribution is 6.30. The van der Waals surface area contributed by atoms with Gasteiger partial charge >= 0.3 is 11.6 Å². The number of amides is 2. The van der Waals surface area contributed by atoms with Crippen molar-refractivity contribution in [3.05, 3.63) is 74.6 Å². The zero-order chi connectivity index (χ0) is 24.8. The van der Waals surface area contributed by atoms with Crippen LogP contribution in [0.5, 0.6) is 5.75 Å². The van der Waals surface area contributed by atoms with E-state index in [0.717, 1.165) is 5.56 Å². The quantitative estimate of drug-likeness (QED) is 0.339. The first kappa shape index (κ1) is 24.8. The second-order valence-electron chi connectivity index (χ2n) is 7.74. The van der Waals surface area contributed by atoms with Crippen LogP contribution >= 0.6 is 11.6 Å². The molecule has 0 bridgehead atoms. The van der Waals surface area contributed by atoms with E-state index in [4.69, 9.17) is 21.1 Å². The number of aliphatic carboxylic acids is 1. The van der Waals surface area contributed by atoms with Gasteiger partial charge in [0.1, 0.15) is 17.4 Å². The highest BCUT2D eigenvalue weighted by atomic mass is 35.5. The molecule has 0 saturated carbocycles. The largest absolute Gasteiger partial charge is 0.508 e. The van der Waals surface area contributed by atoms with Crippen LogP contribution in [0.2, 0.25) is 5.02 Å². The van der Waals surface area contributed by atoms with Gasteiger partial charge < -0.3 is 25.3 Å². The van der Waals surface area contributed by atoms with E-state index in [0.29, 0.717) is 16.0 Å². The Bertz CT molecular complexity index is 1280. The third kappa shape index (κ3) is 6.35. The summed E-state index contributed by atoms with van der Waals surface area (Å²) in [6.07, 6.45) is -0.461. The summed E-state index contributed by atoms with van der Waals surface area (Å²) in [7, 11) is 0. The zero-order valence-corrected chi connectivity index (χ0v) is 19.0. The SMILES string of the molecule is Cc1c(CC(=O)N[C@@H](Cc2ccc(Cl)cc2)C(=O)NCCC(=O)O)c(=O)oc2cc(O)ccc12. The Balaban J connectivity index is 1.79. The number of benzene rings is 2. The molecule has 3 rings (SSSR count). The van der Waals surface area contributed by atoms with Crippen molar-refractivity contribution in [3.8, 4) is 5.75 Å². The molecule has 0 saturated heterocycles. The van der Waals surface area contributed by atoms with Crippen LogP contribution in [0.25, 0.3) is 11.0 Å². The first-order valence-corrected chi connectivity index (χ1v) is 10.8. The van der Waals surface area contributed by atoms with Crippen LogP contribution in [-0.4, -0.2) is 40.6 Å². The van der Waals surface area contributed by atoms with E-state index in [-0.39, 0.29) is 42.7 Å². The molecular formula is C24H23ClN2O7. The summed E-state index contributed by atoms with van der Waals surface area (Å²) >= 11 is 5.91. The summed E-state index contributed by atoms with van der Waals surface area (Å²) in [5.74, 6) is -2.26. The van der Waals surface area contributed by atoms with Gasteiger partial charge in [0.15, 0.2) is 0 Å². The second kappa shape index (κ2) is 10.8. The Labute approximate surface area is 199 Å². The highest BCUT2D eigenvalue weighted by Crippen LogP contribution is 2.23. The smallest absolute Gasteiger partial charge is 0.340 e. The minimum Gasteiger partial charge on any atom is -0.508 e. The fourth-order valence-electron chi connectivity index (χ4n) is 3.47. The van der Waals surface area contributed by atoms with Crippen LogP contribution in [0.3, 0.4) is 0 Å². The van der Waals surface area contributed by atoms with E-state index < -0.39 is 29.5 Å². The van der Waals surface area contributed by atoms with Gasteiger partial charge in [0.2, 0.25) is 11.8 Å². The third-order valence-corrected chi connectivity index (χ3v) is 5.50. The fraction of sp³-hybridized carbons (Fsp3) is 0.250. The molecule has 2 aromatic carbocycles. The molecule has 0 spiro atoms. The number of carboxylic acids is 1. The lowest BCUT2D eigenvalue weighted by Gasteiger charge is -2.19. The number of halogens is 1. The summed E-state index contributed by atoms with van der Waals surface area (Å²) in [5.41, 5.74) is 0.870. The van der Waals surface area contributed by atoms with Crippen LogP contribution in [-0.2, 0) is 27.2 Å². The van der Waals surface area contributed by atoms with Crippen molar-refractivity contribution in [3.63, 3.8) is 0 Å². The van der Waals surface area contributed by atoms with Crippen LogP contribution in [0.1, 0.15) is 23.1 Å². The Morgan fingerprint density at radius 2 is 1.82 bits per heavy atom. The van der Waals surface area contributed by atoms with Gasteiger partial charge in [-0.05, 0) is 42.3 Å². The molecule has 0 aliphatic carbocycles. The normalized spacial score (nSPS) is 11.7. The van der Waals surface area contributed by atoms with Gasteiger partial charge in [-0.2, -0.15) is 0 Å². The van der Waals surface area contributed by atoms with Crippen molar-refractivity contribution >= 4 is 40.4 Å². The van der Waals surface area contributed by atoms with Crippen LogP contribution in [0.15, 0.2) is 51.7 Å². The molecule has 2 amide bonds. The van der Waals surface area contributed by atoms with E-state index >= 15 is 0 Å². The molecule has 0 unspecified atom stereocenters. The van der Waals surface area contributed by atoms with Gasteiger partial charge in [0, 0.05) is 29.4 Å². The number of fused-ring (bicyclic) bond motifs is 1. The summed E-state index contributed by atoms with van der Waals surface area (Å²) in [6, 6.07) is 10.1. The van der Waals surface area contributed by atoms with Crippen LogP contribution < -0.4 is 16.3 Å². The number of aromatic hydroxyl groups is 1. The van der Waals surface area contributed by atoms with E-state index in [9.17, 15) is 24.3 Å². The molecule has 0 fully saturated rings. The van der Waals surface area contributed by atoms with Gasteiger partial charge in [-0.3, -0.25) is 14.4 Å². The number of rotatable bonds is 9. The van der Waals surface area contributed by atoms with Gasteiger partial charge in [-0.1, -0.05) is 23.7 Å². The lowest BCUT2D eigenvalue weighted by atomic mass is 10.0. The molecule has 34 heavy (non-hydrogen) atoms. The van der Waals surface area contributed by atoms with Crippen LogP contribution in [0, 0.1) is 6.92 Å². The Hall–Kier alpha value is -3.85. The molecule has 1 aromatic heterocycles. The Morgan fingerprint density at radius 3 is 2.50 bits per heavy atom. The standard InChI is InChI=1S/C24H23ClN2O7/c1-13-17-7-6-16(28)11-20(17)34-24(33)18(13)12-21(29)27-19(23(32)26-9-8-22(30)31)10-14-2-4-15(25)5-3-14/h2-7,11,19,28H,8-10,12H2,1H3,(H,26,32)(H,27,29)(H,30,31)/t19-/m0/s1. The molecule has 10 heteroatoms. The number of phenols is 1. The molecule has 0 aliphatic heterocycles. The summed E-state index contributed by atoms with van der Waals surface area (Å²) < 4.78 is 5.25. The summed E-state index contributed by atoms with van der Waals surface area (Å²) in [6.45, 7) is 1.57. The number of carbonyl (C=O) groups excluding carboxylic acids is 2.